The van der Waals surface area contributed by atoms with Crippen LogP contribution < -0.4 is 10.6 Å². The molecule has 6 nitrogen and oxygen atoms in total. The van der Waals surface area contributed by atoms with Crippen LogP contribution in [-0.4, -0.2) is 27.0 Å². The summed E-state index contributed by atoms with van der Waals surface area (Å²) in [5.74, 6) is 0.798. The van der Waals surface area contributed by atoms with Crippen molar-refractivity contribution in [3.63, 3.8) is 0 Å². The first-order valence-electron chi connectivity index (χ1n) is 4.91. The van der Waals surface area contributed by atoms with Gasteiger partial charge in [0, 0.05) is 25.5 Å². The molecule has 0 aliphatic carbocycles. The Morgan fingerprint density at radius 2 is 2.18 bits per heavy atom. The van der Waals surface area contributed by atoms with E-state index in [1.54, 1.807) is 24.7 Å². The molecule has 0 amide bonds. The summed E-state index contributed by atoms with van der Waals surface area (Å²) < 4.78 is 0. The molecular weight excluding hydrogens is 240 g/mol. The van der Waals surface area contributed by atoms with Crippen molar-refractivity contribution in [3.05, 3.63) is 35.5 Å². The molecule has 7 heteroatoms. The van der Waals surface area contributed by atoms with Crippen LogP contribution in [0.4, 0.5) is 11.8 Å². The van der Waals surface area contributed by atoms with Gasteiger partial charge >= 0.3 is 0 Å². The highest BCUT2D eigenvalue weighted by Crippen LogP contribution is 2.16. The van der Waals surface area contributed by atoms with Crippen LogP contribution in [0.25, 0.3) is 0 Å². The molecule has 2 rings (SSSR count). The van der Waals surface area contributed by atoms with Crippen LogP contribution in [0.1, 0.15) is 5.69 Å². The van der Waals surface area contributed by atoms with Crippen molar-refractivity contribution < 1.29 is 0 Å². The third-order valence-corrected chi connectivity index (χ3v) is 2.30. The maximum absolute atomic E-state index is 5.81. The second kappa shape index (κ2) is 4.92. The summed E-state index contributed by atoms with van der Waals surface area (Å²) in [4.78, 5) is 17.9. The molecule has 2 aromatic rings. The van der Waals surface area contributed by atoms with E-state index >= 15 is 0 Å². The number of aromatic nitrogens is 4. The molecule has 17 heavy (non-hydrogen) atoms. The van der Waals surface area contributed by atoms with E-state index in [9.17, 15) is 0 Å². The van der Waals surface area contributed by atoms with Crippen molar-refractivity contribution in [2.24, 2.45) is 0 Å². The van der Waals surface area contributed by atoms with Crippen LogP contribution in [0.5, 0.6) is 0 Å². The maximum Gasteiger partial charge on any atom is 0.223 e. The maximum atomic E-state index is 5.81. The molecule has 2 heterocycles. The molecule has 0 aliphatic heterocycles. The Hall–Kier alpha value is -1.95. The summed E-state index contributed by atoms with van der Waals surface area (Å²) in [5, 5.41) is 0.318. The second-order valence-electron chi connectivity index (χ2n) is 3.46. The van der Waals surface area contributed by atoms with E-state index in [4.69, 9.17) is 17.3 Å². The first-order chi connectivity index (χ1) is 8.15. The van der Waals surface area contributed by atoms with Crippen LogP contribution in [0, 0.1) is 0 Å². The Balaban J connectivity index is 2.17. The molecule has 0 fully saturated rings. The quantitative estimate of drug-likeness (QED) is 0.823. The number of anilines is 2. The molecule has 0 unspecified atom stereocenters. The second-order valence-corrected chi connectivity index (χ2v) is 3.85. The summed E-state index contributed by atoms with van der Waals surface area (Å²) in [5.41, 5.74) is 6.37. The Kier molecular flexibility index (Phi) is 3.34. The first-order valence-corrected chi connectivity index (χ1v) is 5.29. The predicted octanol–water partition coefficient (Wildman–Crippen LogP) is 1.14. The number of halogens is 1. The zero-order chi connectivity index (χ0) is 12.3. The van der Waals surface area contributed by atoms with Gasteiger partial charge in [0.1, 0.15) is 11.0 Å². The summed E-state index contributed by atoms with van der Waals surface area (Å²) >= 11 is 5.81. The number of hydrogen-bond acceptors (Lipinski definition) is 6. The van der Waals surface area contributed by atoms with Crippen molar-refractivity contribution in [2.75, 3.05) is 17.7 Å². The molecule has 2 aromatic heterocycles. The van der Waals surface area contributed by atoms with Crippen LogP contribution in [-0.2, 0) is 6.54 Å². The van der Waals surface area contributed by atoms with E-state index in [0.29, 0.717) is 17.5 Å². The van der Waals surface area contributed by atoms with Gasteiger partial charge in [-0.2, -0.15) is 4.98 Å². The van der Waals surface area contributed by atoms with Crippen molar-refractivity contribution in [1.82, 2.24) is 19.9 Å². The van der Waals surface area contributed by atoms with Gasteiger partial charge in [-0.3, -0.25) is 9.97 Å². The lowest BCUT2D eigenvalue weighted by atomic mass is 10.4. The van der Waals surface area contributed by atoms with Gasteiger partial charge in [-0.1, -0.05) is 11.6 Å². The zero-order valence-electron chi connectivity index (χ0n) is 9.21. The first kappa shape index (κ1) is 11.5. The van der Waals surface area contributed by atoms with Gasteiger partial charge in [-0.25, -0.2) is 4.98 Å². The highest BCUT2D eigenvalue weighted by atomic mass is 35.5. The third-order valence-electron chi connectivity index (χ3n) is 2.11. The fraction of sp³-hybridized carbons (Fsp3) is 0.200. The van der Waals surface area contributed by atoms with Crippen LogP contribution >= 0.6 is 11.6 Å². The SMILES string of the molecule is CN(Cc1cnccn1)c1cc(Cl)nc(N)n1. The van der Waals surface area contributed by atoms with E-state index in [1.807, 2.05) is 11.9 Å². The van der Waals surface area contributed by atoms with Crippen molar-refractivity contribution in [3.8, 4) is 0 Å². The van der Waals surface area contributed by atoms with Gasteiger partial charge in [-0.05, 0) is 0 Å². The number of nitrogens with two attached hydrogens (primary N) is 1. The summed E-state index contributed by atoms with van der Waals surface area (Å²) in [6.07, 6.45) is 4.97. The molecule has 0 aromatic carbocycles. The van der Waals surface area contributed by atoms with E-state index in [-0.39, 0.29) is 5.95 Å². The molecular formula is C10H11ClN6. The van der Waals surface area contributed by atoms with Gasteiger partial charge < -0.3 is 10.6 Å². The minimum Gasteiger partial charge on any atom is -0.368 e. The Labute approximate surface area is 103 Å². The van der Waals surface area contributed by atoms with Crippen LogP contribution in [0.3, 0.4) is 0 Å². The molecule has 0 saturated carbocycles. The number of nitrogens with zero attached hydrogens (tertiary/aromatic N) is 5. The summed E-state index contributed by atoms with van der Waals surface area (Å²) in [7, 11) is 1.87. The molecule has 2 N–H and O–H groups in total. The molecule has 0 spiro atoms. The average molecular weight is 251 g/mol. The van der Waals surface area contributed by atoms with Gasteiger partial charge in [0.15, 0.2) is 0 Å². The number of rotatable bonds is 3. The Morgan fingerprint density at radius 3 is 2.82 bits per heavy atom. The summed E-state index contributed by atoms with van der Waals surface area (Å²) in [6.45, 7) is 0.570. The Bertz CT molecular complexity index is 483. The van der Waals surface area contributed by atoms with E-state index < -0.39 is 0 Å². The van der Waals surface area contributed by atoms with Crippen molar-refractivity contribution in [1.29, 1.82) is 0 Å². The summed E-state index contributed by atoms with van der Waals surface area (Å²) in [6, 6.07) is 1.65. The molecule has 0 aliphatic rings. The normalized spacial score (nSPS) is 10.2. The van der Waals surface area contributed by atoms with E-state index in [1.165, 1.54) is 0 Å². The van der Waals surface area contributed by atoms with Gasteiger partial charge in [0.25, 0.3) is 0 Å². The lowest BCUT2D eigenvalue weighted by Crippen LogP contribution is -2.19. The number of hydrogen-bond donors (Lipinski definition) is 1. The molecule has 0 saturated heterocycles. The van der Waals surface area contributed by atoms with Crippen LogP contribution in [0.15, 0.2) is 24.7 Å². The highest BCUT2D eigenvalue weighted by Gasteiger charge is 2.07. The zero-order valence-corrected chi connectivity index (χ0v) is 9.96. The van der Waals surface area contributed by atoms with Crippen molar-refractivity contribution >= 4 is 23.4 Å². The lowest BCUT2D eigenvalue weighted by Gasteiger charge is -2.17. The van der Waals surface area contributed by atoms with E-state index in [2.05, 4.69) is 19.9 Å². The van der Waals surface area contributed by atoms with Gasteiger partial charge in [0.2, 0.25) is 5.95 Å². The van der Waals surface area contributed by atoms with Gasteiger partial charge in [-0.15, -0.1) is 0 Å². The monoisotopic (exact) mass is 250 g/mol. The predicted molar refractivity (Wildman–Crippen MR) is 65.6 cm³/mol. The van der Waals surface area contributed by atoms with E-state index in [0.717, 1.165) is 5.69 Å². The molecule has 88 valence electrons. The lowest BCUT2D eigenvalue weighted by molar-refractivity contribution is 0.853. The number of nitrogen functional groups attached to an aromatic ring is 1. The minimum atomic E-state index is 0.151. The Morgan fingerprint density at radius 1 is 1.35 bits per heavy atom. The topological polar surface area (TPSA) is 80.8 Å². The fourth-order valence-corrected chi connectivity index (χ4v) is 1.54. The van der Waals surface area contributed by atoms with Crippen LogP contribution in [0.2, 0.25) is 5.15 Å². The van der Waals surface area contributed by atoms with Crippen molar-refractivity contribution in [2.45, 2.75) is 6.54 Å². The fourth-order valence-electron chi connectivity index (χ4n) is 1.35. The highest BCUT2D eigenvalue weighted by molar-refractivity contribution is 6.29. The third kappa shape index (κ3) is 3.01. The molecule has 0 atom stereocenters. The molecule has 0 bridgehead atoms. The standard InChI is InChI=1S/C10H11ClN6/c1-17(6-7-5-13-2-3-14-7)9-4-8(11)15-10(12)16-9/h2-5H,6H2,1H3,(H2,12,15,16). The largest absolute Gasteiger partial charge is 0.368 e. The van der Waals surface area contributed by atoms with Gasteiger partial charge in [0.05, 0.1) is 18.4 Å². The molecule has 0 radical (unpaired) electrons. The average Bonchev–Trinajstić information content (AvgIpc) is 2.29. The smallest absolute Gasteiger partial charge is 0.223 e. The minimum absolute atomic E-state index is 0.151.